The van der Waals surface area contributed by atoms with Crippen molar-refractivity contribution in [2.24, 2.45) is 5.92 Å². The van der Waals surface area contributed by atoms with E-state index in [1.807, 2.05) is 13.8 Å². The average molecular weight is 441 g/mol. The maximum atomic E-state index is 13.2. The number of carbonyl (C=O) groups excluding carboxylic acids is 1. The van der Waals surface area contributed by atoms with Crippen molar-refractivity contribution in [3.63, 3.8) is 0 Å². The fourth-order valence-corrected chi connectivity index (χ4v) is 4.76. The zero-order chi connectivity index (χ0) is 21.8. The lowest BCUT2D eigenvalue weighted by atomic mass is 9.95. The minimum Gasteiger partial charge on any atom is -0.345 e. The van der Waals surface area contributed by atoms with E-state index in [2.05, 4.69) is 5.32 Å². The Hall–Kier alpha value is -1.96. The van der Waals surface area contributed by atoms with E-state index in [4.69, 9.17) is 11.6 Å². The molecule has 0 heterocycles. The summed E-state index contributed by atoms with van der Waals surface area (Å²) < 4.78 is 40.1. The Bertz CT molecular complexity index is 958. The lowest BCUT2D eigenvalue weighted by Crippen LogP contribution is -2.33. The van der Waals surface area contributed by atoms with Gasteiger partial charge in [-0.3, -0.25) is 4.79 Å². The number of rotatable bonds is 8. The van der Waals surface area contributed by atoms with E-state index in [0.717, 1.165) is 5.56 Å². The van der Waals surface area contributed by atoms with Gasteiger partial charge in [0, 0.05) is 13.1 Å². The number of benzene rings is 2. The van der Waals surface area contributed by atoms with E-state index in [1.54, 1.807) is 26.0 Å². The van der Waals surface area contributed by atoms with Crippen LogP contribution in [0.5, 0.6) is 0 Å². The highest BCUT2D eigenvalue weighted by molar-refractivity contribution is 7.89. The van der Waals surface area contributed by atoms with Gasteiger partial charge in [-0.2, -0.15) is 4.31 Å². The number of nitrogens with one attached hydrogen (secondary N) is 1. The van der Waals surface area contributed by atoms with Crippen LogP contribution in [0.4, 0.5) is 4.39 Å². The number of amides is 1. The molecule has 5 nitrogen and oxygen atoms in total. The van der Waals surface area contributed by atoms with E-state index in [1.165, 1.54) is 34.6 Å². The maximum absolute atomic E-state index is 13.2. The molecule has 29 heavy (non-hydrogen) atoms. The molecule has 0 bridgehead atoms. The number of sulfonamides is 1. The first kappa shape index (κ1) is 23.3. The first-order valence-corrected chi connectivity index (χ1v) is 11.3. The zero-order valence-corrected chi connectivity index (χ0v) is 18.5. The van der Waals surface area contributed by atoms with E-state index in [-0.39, 0.29) is 33.3 Å². The zero-order valence-electron chi connectivity index (χ0n) is 16.9. The molecule has 0 aromatic heterocycles. The normalized spacial score (nSPS) is 13.0. The maximum Gasteiger partial charge on any atom is 0.253 e. The summed E-state index contributed by atoms with van der Waals surface area (Å²) in [7, 11) is -3.72. The molecular formula is C21H26ClFN2O3S. The third kappa shape index (κ3) is 5.35. The van der Waals surface area contributed by atoms with E-state index >= 15 is 0 Å². The molecule has 2 aromatic rings. The van der Waals surface area contributed by atoms with Gasteiger partial charge in [0.15, 0.2) is 0 Å². The van der Waals surface area contributed by atoms with Crippen LogP contribution in [-0.2, 0) is 10.0 Å². The molecule has 1 atom stereocenters. The van der Waals surface area contributed by atoms with Crippen LogP contribution in [0.3, 0.4) is 0 Å². The molecule has 0 saturated heterocycles. The van der Waals surface area contributed by atoms with Crippen LogP contribution in [0.2, 0.25) is 5.02 Å². The summed E-state index contributed by atoms with van der Waals surface area (Å²) in [6.07, 6.45) is 0. The van der Waals surface area contributed by atoms with Crippen LogP contribution in [0.25, 0.3) is 0 Å². The second kappa shape index (κ2) is 9.69. The van der Waals surface area contributed by atoms with Crippen molar-refractivity contribution in [3.05, 3.63) is 64.4 Å². The summed E-state index contributed by atoms with van der Waals surface area (Å²) in [5, 5.41) is 3.05. The van der Waals surface area contributed by atoms with Gasteiger partial charge >= 0.3 is 0 Å². The smallest absolute Gasteiger partial charge is 0.253 e. The van der Waals surface area contributed by atoms with Crippen LogP contribution < -0.4 is 5.32 Å². The van der Waals surface area contributed by atoms with Gasteiger partial charge in [-0.1, -0.05) is 51.4 Å². The van der Waals surface area contributed by atoms with Crippen LogP contribution >= 0.6 is 11.6 Å². The number of hydrogen-bond donors (Lipinski definition) is 1. The molecule has 0 aliphatic rings. The van der Waals surface area contributed by atoms with Crippen molar-refractivity contribution in [1.29, 1.82) is 0 Å². The summed E-state index contributed by atoms with van der Waals surface area (Å²) in [4.78, 5) is 12.9. The first-order chi connectivity index (χ1) is 13.6. The molecular weight excluding hydrogens is 415 g/mol. The quantitative estimate of drug-likeness (QED) is 0.650. The Kier molecular flexibility index (Phi) is 7.80. The SMILES string of the molecule is CCN(CC)S(=O)(=O)c1ccc(Cl)c(C(=O)NC(c2ccc(F)cc2)C(C)C)c1. The van der Waals surface area contributed by atoms with Gasteiger partial charge in [-0.15, -0.1) is 0 Å². The molecule has 0 radical (unpaired) electrons. The molecule has 8 heteroatoms. The number of hydrogen-bond acceptors (Lipinski definition) is 3. The highest BCUT2D eigenvalue weighted by Gasteiger charge is 2.25. The number of nitrogens with zero attached hydrogens (tertiary/aromatic N) is 1. The van der Waals surface area contributed by atoms with Gasteiger partial charge in [-0.05, 0) is 41.8 Å². The van der Waals surface area contributed by atoms with Crippen molar-refractivity contribution in [3.8, 4) is 0 Å². The van der Waals surface area contributed by atoms with Crippen molar-refractivity contribution >= 4 is 27.5 Å². The topological polar surface area (TPSA) is 66.5 Å². The van der Waals surface area contributed by atoms with Crippen molar-refractivity contribution < 1.29 is 17.6 Å². The lowest BCUT2D eigenvalue weighted by Gasteiger charge is -2.24. The molecule has 2 aromatic carbocycles. The van der Waals surface area contributed by atoms with Crippen LogP contribution in [-0.4, -0.2) is 31.7 Å². The highest BCUT2D eigenvalue weighted by atomic mass is 35.5. The molecule has 0 fully saturated rings. The standard InChI is InChI=1S/C21H26ClFN2O3S/c1-5-25(6-2)29(27,28)17-11-12-19(22)18(13-17)21(26)24-20(14(3)4)15-7-9-16(23)10-8-15/h7-14,20H,5-6H2,1-4H3,(H,24,26). The monoisotopic (exact) mass is 440 g/mol. The van der Waals surface area contributed by atoms with Gasteiger partial charge in [-0.25, -0.2) is 12.8 Å². The third-order valence-corrected chi connectivity index (χ3v) is 7.08. The minimum atomic E-state index is -3.72. The van der Waals surface area contributed by atoms with Crippen LogP contribution in [0.15, 0.2) is 47.4 Å². The van der Waals surface area contributed by atoms with E-state index in [0.29, 0.717) is 13.1 Å². The fourth-order valence-electron chi connectivity index (χ4n) is 3.08. The Morgan fingerprint density at radius 2 is 1.69 bits per heavy atom. The fraction of sp³-hybridized carbons (Fsp3) is 0.381. The second-order valence-corrected chi connectivity index (χ2v) is 9.32. The van der Waals surface area contributed by atoms with Crippen molar-refractivity contribution in [2.45, 2.75) is 38.6 Å². The molecule has 0 saturated carbocycles. The predicted octanol–water partition coefficient (Wildman–Crippen LogP) is 4.64. The highest BCUT2D eigenvalue weighted by Crippen LogP contribution is 2.26. The van der Waals surface area contributed by atoms with Gasteiger partial charge in [0.1, 0.15) is 5.82 Å². The van der Waals surface area contributed by atoms with E-state index < -0.39 is 15.9 Å². The average Bonchev–Trinajstić information content (AvgIpc) is 2.67. The molecule has 0 aliphatic carbocycles. The van der Waals surface area contributed by atoms with Gasteiger partial charge < -0.3 is 5.32 Å². The van der Waals surface area contributed by atoms with Gasteiger partial charge in [0.25, 0.3) is 5.91 Å². The summed E-state index contributed by atoms with van der Waals surface area (Å²) >= 11 is 6.20. The third-order valence-electron chi connectivity index (χ3n) is 4.71. The molecule has 0 spiro atoms. The van der Waals surface area contributed by atoms with Crippen molar-refractivity contribution in [2.75, 3.05) is 13.1 Å². The summed E-state index contributed by atoms with van der Waals surface area (Å²) in [6.45, 7) is 8.00. The Labute approximate surface area is 176 Å². The molecule has 1 amide bonds. The second-order valence-electron chi connectivity index (χ2n) is 6.98. The summed E-state index contributed by atoms with van der Waals surface area (Å²) in [6, 6.07) is 9.62. The molecule has 1 unspecified atom stereocenters. The Balaban J connectivity index is 2.38. The van der Waals surface area contributed by atoms with Crippen LogP contribution in [0, 0.1) is 11.7 Å². The minimum absolute atomic E-state index is 0.0126. The number of carbonyl (C=O) groups is 1. The van der Waals surface area contributed by atoms with Gasteiger partial charge in [0.2, 0.25) is 10.0 Å². The Morgan fingerprint density at radius 1 is 1.10 bits per heavy atom. The van der Waals surface area contributed by atoms with E-state index in [9.17, 15) is 17.6 Å². The molecule has 0 aliphatic heterocycles. The molecule has 2 rings (SSSR count). The summed E-state index contributed by atoms with van der Waals surface area (Å²) in [5.41, 5.74) is 0.824. The van der Waals surface area contributed by atoms with Crippen molar-refractivity contribution in [1.82, 2.24) is 9.62 Å². The van der Waals surface area contributed by atoms with Crippen LogP contribution in [0.1, 0.15) is 49.7 Å². The lowest BCUT2D eigenvalue weighted by molar-refractivity contribution is 0.0925. The Morgan fingerprint density at radius 3 is 2.21 bits per heavy atom. The number of halogens is 2. The molecule has 1 N–H and O–H groups in total. The van der Waals surface area contributed by atoms with Gasteiger partial charge in [0.05, 0.1) is 21.5 Å². The largest absolute Gasteiger partial charge is 0.345 e. The first-order valence-electron chi connectivity index (χ1n) is 9.47. The molecule has 158 valence electrons. The predicted molar refractivity (Wildman–Crippen MR) is 113 cm³/mol. The summed E-state index contributed by atoms with van der Waals surface area (Å²) in [5.74, 6) is -0.833.